The standard InChI is InChI=1S/C22H29N3S/c1-3-19-20(26-15(2)23-19)14-25-13-18(16-7-5-4-6-8-16)22-21(25)17-9-11-24(22)12-10-17/h4-8,17-18,21-22H,3,9-14H2,1-2H3/t18-,21+,22+/m1/s1. The first-order valence-corrected chi connectivity index (χ1v) is 11.0. The van der Waals surface area contributed by atoms with E-state index in [1.165, 1.54) is 53.6 Å². The third-order valence-corrected chi connectivity index (χ3v) is 7.89. The van der Waals surface area contributed by atoms with Gasteiger partial charge >= 0.3 is 0 Å². The van der Waals surface area contributed by atoms with Gasteiger partial charge in [0.05, 0.1) is 10.7 Å². The lowest BCUT2D eigenvalue weighted by Gasteiger charge is -2.51. The smallest absolute Gasteiger partial charge is 0.0900 e. The van der Waals surface area contributed by atoms with Crippen molar-refractivity contribution in [2.75, 3.05) is 19.6 Å². The molecule has 0 amide bonds. The zero-order valence-electron chi connectivity index (χ0n) is 15.9. The van der Waals surface area contributed by atoms with Gasteiger partial charge in [0, 0.05) is 36.0 Å². The summed E-state index contributed by atoms with van der Waals surface area (Å²) in [6, 6.07) is 12.7. The van der Waals surface area contributed by atoms with Crippen LogP contribution < -0.4 is 0 Å². The van der Waals surface area contributed by atoms with Gasteiger partial charge in [-0.05, 0) is 50.8 Å². The predicted molar refractivity (Wildman–Crippen MR) is 108 cm³/mol. The van der Waals surface area contributed by atoms with E-state index < -0.39 is 0 Å². The van der Waals surface area contributed by atoms with Gasteiger partial charge in [-0.3, -0.25) is 9.80 Å². The molecule has 5 heterocycles. The van der Waals surface area contributed by atoms with Gasteiger partial charge in [-0.1, -0.05) is 37.3 Å². The monoisotopic (exact) mass is 367 g/mol. The van der Waals surface area contributed by atoms with Crippen LogP contribution in [0.4, 0.5) is 0 Å². The highest BCUT2D eigenvalue weighted by atomic mass is 32.1. The fraction of sp³-hybridized carbons (Fsp3) is 0.591. The van der Waals surface area contributed by atoms with Crippen LogP contribution in [0.1, 0.15) is 46.8 Å². The molecule has 4 fully saturated rings. The Morgan fingerprint density at radius 2 is 1.88 bits per heavy atom. The van der Waals surface area contributed by atoms with E-state index in [0.29, 0.717) is 12.0 Å². The molecular weight excluding hydrogens is 338 g/mol. The van der Waals surface area contributed by atoms with Gasteiger partial charge in [-0.2, -0.15) is 0 Å². The van der Waals surface area contributed by atoms with Gasteiger partial charge < -0.3 is 0 Å². The molecule has 0 aliphatic carbocycles. The molecule has 4 aliphatic rings. The second kappa shape index (κ2) is 6.74. The summed E-state index contributed by atoms with van der Waals surface area (Å²) in [5.74, 6) is 1.54. The zero-order chi connectivity index (χ0) is 17.7. The third kappa shape index (κ3) is 2.74. The minimum absolute atomic E-state index is 0.656. The number of fused-ring (bicyclic) bond motifs is 2. The molecule has 3 nitrogen and oxygen atoms in total. The maximum Gasteiger partial charge on any atom is 0.0900 e. The number of hydrogen-bond acceptors (Lipinski definition) is 4. The van der Waals surface area contributed by atoms with Crippen molar-refractivity contribution in [2.45, 2.75) is 57.7 Å². The number of aryl methyl sites for hydroxylation is 2. The van der Waals surface area contributed by atoms with E-state index >= 15 is 0 Å². The van der Waals surface area contributed by atoms with Gasteiger partial charge in [0.25, 0.3) is 0 Å². The van der Waals surface area contributed by atoms with Crippen LogP contribution in [0, 0.1) is 12.8 Å². The van der Waals surface area contributed by atoms with Crippen molar-refractivity contribution in [3.63, 3.8) is 0 Å². The highest BCUT2D eigenvalue weighted by Gasteiger charge is 2.53. The summed E-state index contributed by atoms with van der Waals surface area (Å²) in [5, 5.41) is 1.22. The minimum Gasteiger partial charge on any atom is -0.298 e. The molecule has 4 saturated heterocycles. The minimum atomic E-state index is 0.656. The van der Waals surface area contributed by atoms with E-state index in [1.54, 1.807) is 0 Å². The second-order valence-electron chi connectivity index (χ2n) is 8.26. The molecule has 6 rings (SSSR count). The predicted octanol–water partition coefficient (Wildman–Crippen LogP) is 4.08. The summed E-state index contributed by atoms with van der Waals surface area (Å²) in [6.07, 6.45) is 3.84. The number of aromatic nitrogens is 1. The summed E-state index contributed by atoms with van der Waals surface area (Å²) in [5.41, 5.74) is 2.86. The van der Waals surface area contributed by atoms with Crippen LogP contribution in [-0.2, 0) is 13.0 Å². The van der Waals surface area contributed by atoms with Crippen LogP contribution in [0.25, 0.3) is 0 Å². The topological polar surface area (TPSA) is 19.4 Å². The summed E-state index contributed by atoms with van der Waals surface area (Å²) in [6.45, 7) is 9.31. The Morgan fingerprint density at radius 3 is 2.62 bits per heavy atom. The van der Waals surface area contributed by atoms with Crippen LogP contribution in [0.3, 0.4) is 0 Å². The largest absolute Gasteiger partial charge is 0.298 e. The molecule has 138 valence electrons. The Balaban J connectivity index is 1.48. The van der Waals surface area contributed by atoms with E-state index in [1.807, 2.05) is 11.3 Å². The van der Waals surface area contributed by atoms with Crippen molar-refractivity contribution in [1.29, 1.82) is 0 Å². The Morgan fingerprint density at radius 1 is 1.12 bits per heavy atom. The molecule has 0 spiro atoms. The lowest BCUT2D eigenvalue weighted by atomic mass is 9.75. The van der Waals surface area contributed by atoms with Crippen molar-refractivity contribution >= 4 is 11.3 Å². The maximum atomic E-state index is 4.78. The van der Waals surface area contributed by atoms with Crippen molar-refractivity contribution in [1.82, 2.24) is 14.8 Å². The molecule has 0 saturated carbocycles. The fourth-order valence-corrected chi connectivity index (χ4v) is 6.86. The van der Waals surface area contributed by atoms with Crippen LogP contribution in [0.5, 0.6) is 0 Å². The summed E-state index contributed by atoms with van der Waals surface area (Å²) >= 11 is 1.92. The molecule has 0 N–H and O–H groups in total. The first kappa shape index (κ1) is 16.9. The summed E-state index contributed by atoms with van der Waals surface area (Å²) in [7, 11) is 0. The number of likely N-dealkylation sites (tertiary alicyclic amines) is 1. The number of hydrogen-bond donors (Lipinski definition) is 0. The molecule has 1 aromatic carbocycles. The first-order chi connectivity index (χ1) is 12.7. The van der Waals surface area contributed by atoms with Crippen LogP contribution >= 0.6 is 11.3 Å². The summed E-state index contributed by atoms with van der Waals surface area (Å²) in [4.78, 5) is 11.9. The Hall–Kier alpha value is -1.23. The lowest BCUT2D eigenvalue weighted by Crippen LogP contribution is -2.59. The van der Waals surface area contributed by atoms with Gasteiger partial charge in [0.1, 0.15) is 0 Å². The van der Waals surface area contributed by atoms with Crippen LogP contribution in [0.2, 0.25) is 0 Å². The molecule has 26 heavy (non-hydrogen) atoms. The molecule has 2 aromatic rings. The van der Waals surface area contributed by atoms with Gasteiger partial charge in [0.15, 0.2) is 0 Å². The van der Waals surface area contributed by atoms with E-state index in [2.05, 4.69) is 54.0 Å². The molecule has 2 bridgehead atoms. The normalized spacial score (nSPS) is 33.5. The lowest BCUT2D eigenvalue weighted by molar-refractivity contribution is -0.00851. The van der Waals surface area contributed by atoms with Crippen molar-refractivity contribution in [2.24, 2.45) is 5.92 Å². The van der Waals surface area contributed by atoms with Gasteiger partial charge in [0.2, 0.25) is 0 Å². The molecule has 0 unspecified atom stereocenters. The quantitative estimate of drug-likeness (QED) is 0.812. The highest BCUT2D eigenvalue weighted by molar-refractivity contribution is 7.11. The van der Waals surface area contributed by atoms with E-state index in [4.69, 9.17) is 4.98 Å². The molecule has 4 aliphatic heterocycles. The molecule has 4 heteroatoms. The van der Waals surface area contributed by atoms with E-state index in [0.717, 1.165) is 24.9 Å². The van der Waals surface area contributed by atoms with Gasteiger partial charge in [-0.15, -0.1) is 11.3 Å². The summed E-state index contributed by atoms with van der Waals surface area (Å²) < 4.78 is 0. The third-order valence-electron chi connectivity index (χ3n) is 6.89. The first-order valence-electron chi connectivity index (χ1n) is 10.2. The SMILES string of the molecule is CCc1nc(C)sc1CN1C[C@H](c2ccccc2)[C@H]2[C@@H]1C1CCN2CC1. The van der Waals surface area contributed by atoms with Crippen molar-refractivity contribution in [3.8, 4) is 0 Å². The number of thiazole rings is 1. The maximum absolute atomic E-state index is 4.78. The fourth-order valence-electron chi connectivity index (χ4n) is 5.81. The Bertz CT molecular complexity index is 763. The number of rotatable bonds is 4. The number of piperidine rings is 3. The second-order valence-corrected chi connectivity index (χ2v) is 9.55. The highest BCUT2D eigenvalue weighted by Crippen LogP contribution is 2.47. The average molecular weight is 368 g/mol. The van der Waals surface area contributed by atoms with Crippen LogP contribution in [0.15, 0.2) is 30.3 Å². The van der Waals surface area contributed by atoms with E-state index in [9.17, 15) is 0 Å². The van der Waals surface area contributed by atoms with E-state index in [-0.39, 0.29) is 0 Å². The van der Waals surface area contributed by atoms with Gasteiger partial charge in [-0.25, -0.2) is 4.98 Å². The molecule has 3 atom stereocenters. The zero-order valence-corrected chi connectivity index (χ0v) is 16.7. The average Bonchev–Trinajstić information content (AvgIpc) is 3.25. The molecular formula is C22H29N3S. The number of benzene rings is 1. The Labute approximate surface area is 161 Å². The Kier molecular flexibility index (Phi) is 4.38. The van der Waals surface area contributed by atoms with Crippen LogP contribution in [-0.4, -0.2) is 46.5 Å². The number of nitrogens with zero attached hydrogens (tertiary/aromatic N) is 3. The molecule has 0 radical (unpaired) electrons. The van der Waals surface area contributed by atoms with Crippen molar-refractivity contribution < 1.29 is 0 Å². The van der Waals surface area contributed by atoms with Crippen molar-refractivity contribution in [3.05, 3.63) is 51.5 Å². The molecule has 1 aromatic heterocycles.